The monoisotopic (exact) mass is 349 g/mol. The van der Waals surface area contributed by atoms with Gasteiger partial charge in [0, 0.05) is 11.8 Å². The quantitative estimate of drug-likeness (QED) is 0.645. The van der Waals surface area contributed by atoms with Crippen LogP contribution in [-0.4, -0.2) is 9.38 Å². The molecular formula is C17H11ClF3N3. The van der Waals surface area contributed by atoms with E-state index in [-0.39, 0.29) is 16.4 Å². The molecule has 0 atom stereocenters. The van der Waals surface area contributed by atoms with Crippen molar-refractivity contribution in [3.8, 4) is 17.3 Å². The molecule has 2 aromatic heterocycles. The Kier molecular flexibility index (Phi) is 3.98. The predicted octanol–water partition coefficient (Wildman–Crippen LogP) is 5.11. The van der Waals surface area contributed by atoms with Crippen molar-refractivity contribution in [2.24, 2.45) is 0 Å². The number of halogens is 4. The Morgan fingerprint density at radius 1 is 1.25 bits per heavy atom. The van der Waals surface area contributed by atoms with Gasteiger partial charge < -0.3 is 0 Å². The number of aryl methyl sites for hydroxylation is 1. The van der Waals surface area contributed by atoms with Gasteiger partial charge in [0.05, 0.1) is 10.6 Å². The van der Waals surface area contributed by atoms with Gasteiger partial charge in [0.2, 0.25) is 0 Å². The molecule has 0 aliphatic heterocycles. The first kappa shape index (κ1) is 16.3. The third-order valence-corrected chi connectivity index (χ3v) is 4.02. The van der Waals surface area contributed by atoms with Crippen molar-refractivity contribution in [1.82, 2.24) is 9.38 Å². The summed E-state index contributed by atoms with van der Waals surface area (Å²) < 4.78 is 40.0. The van der Waals surface area contributed by atoms with Crippen molar-refractivity contribution in [2.45, 2.75) is 19.5 Å². The van der Waals surface area contributed by atoms with Crippen LogP contribution in [0.4, 0.5) is 13.2 Å². The van der Waals surface area contributed by atoms with E-state index in [4.69, 9.17) is 11.6 Å². The minimum Gasteiger partial charge on any atom is -0.289 e. The molecule has 0 aliphatic rings. The lowest BCUT2D eigenvalue weighted by molar-refractivity contribution is -0.137. The van der Waals surface area contributed by atoms with E-state index in [1.54, 1.807) is 12.1 Å². The highest BCUT2D eigenvalue weighted by molar-refractivity contribution is 6.33. The Balaban J connectivity index is 2.26. The average molecular weight is 350 g/mol. The molecule has 7 heteroatoms. The second-order valence-corrected chi connectivity index (χ2v) is 5.65. The fourth-order valence-electron chi connectivity index (χ4n) is 2.47. The number of pyridine rings is 1. The highest BCUT2D eigenvalue weighted by Crippen LogP contribution is 2.34. The lowest BCUT2D eigenvalue weighted by Gasteiger charge is -2.08. The molecule has 0 N–H and O–H groups in total. The predicted molar refractivity (Wildman–Crippen MR) is 84.7 cm³/mol. The van der Waals surface area contributed by atoms with Gasteiger partial charge in [-0.05, 0) is 18.1 Å². The lowest BCUT2D eigenvalue weighted by atomic mass is 10.1. The number of hydrogen-bond acceptors (Lipinski definition) is 2. The zero-order valence-electron chi connectivity index (χ0n) is 12.5. The second kappa shape index (κ2) is 5.84. The highest BCUT2D eigenvalue weighted by Gasteiger charge is 2.32. The molecule has 0 bridgehead atoms. The Labute approximate surface area is 140 Å². The van der Waals surface area contributed by atoms with Gasteiger partial charge in [0.25, 0.3) is 0 Å². The Morgan fingerprint density at radius 2 is 1.92 bits per heavy atom. The number of benzene rings is 1. The third-order valence-electron chi connectivity index (χ3n) is 3.74. The first-order chi connectivity index (χ1) is 11.3. The largest absolute Gasteiger partial charge is 0.417 e. The first-order valence-corrected chi connectivity index (χ1v) is 7.51. The van der Waals surface area contributed by atoms with E-state index in [1.807, 2.05) is 25.1 Å². The number of alkyl halides is 3. The van der Waals surface area contributed by atoms with Gasteiger partial charge >= 0.3 is 6.18 Å². The topological polar surface area (TPSA) is 41.1 Å². The Morgan fingerprint density at radius 3 is 2.46 bits per heavy atom. The van der Waals surface area contributed by atoms with E-state index in [0.717, 1.165) is 28.6 Å². The fraction of sp³-hybridized carbons (Fsp3) is 0.176. The average Bonchev–Trinajstić information content (AvgIpc) is 2.93. The maximum Gasteiger partial charge on any atom is 0.417 e. The van der Waals surface area contributed by atoms with Crippen LogP contribution in [0.1, 0.15) is 23.7 Å². The molecule has 3 rings (SSSR count). The molecule has 3 nitrogen and oxygen atoms in total. The summed E-state index contributed by atoms with van der Waals surface area (Å²) in [6.45, 7) is 2.01. The van der Waals surface area contributed by atoms with Gasteiger partial charge in [-0.25, -0.2) is 4.98 Å². The Bertz CT molecular complexity index is 950. The second-order valence-electron chi connectivity index (χ2n) is 5.24. The molecule has 0 aliphatic carbocycles. The summed E-state index contributed by atoms with van der Waals surface area (Å²) in [5.41, 5.74) is 1.27. The molecule has 0 unspecified atom stereocenters. The smallest absolute Gasteiger partial charge is 0.289 e. The van der Waals surface area contributed by atoms with E-state index in [9.17, 15) is 18.4 Å². The molecule has 0 fully saturated rings. The van der Waals surface area contributed by atoms with Crippen LogP contribution in [0, 0.1) is 11.3 Å². The van der Waals surface area contributed by atoms with Crippen molar-refractivity contribution in [3.63, 3.8) is 0 Å². The van der Waals surface area contributed by atoms with Crippen LogP contribution < -0.4 is 0 Å². The molecule has 0 spiro atoms. The molecule has 0 saturated carbocycles. The van der Waals surface area contributed by atoms with Crippen molar-refractivity contribution in [1.29, 1.82) is 5.26 Å². The normalized spacial score (nSPS) is 11.7. The highest BCUT2D eigenvalue weighted by atomic mass is 35.5. The van der Waals surface area contributed by atoms with Crippen molar-refractivity contribution >= 4 is 17.2 Å². The minimum atomic E-state index is -4.56. The summed E-state index contributed by atoms with van der Waals surface area (Å²) in [4.78, 5) is 4.27. The van der Waals surface area contributed by atoms with Gasteiger partial charge in [-0.15, -0.1) is 0 Å². The summed E-state index contributed by atoms with van der Waals surface area (Å²) in [5, 5.41) is 9.26. The minimum absolute atomic E-state index is 0.0160. The number of fused-ring (bicyclic) bond motifs is 1. The van der Waals surface area contributed by atoms with Crippen molar-refractivity contribution < 1.29 is 13.2 Å². The number of aromatic nitrogens is 2. The maximum atomic E-state index is 13.0. The van der Waals surface area contributed by atoms with Gasteiger partial charge in [-0.2, -0.15) is 18.4 Å². The van der Waals surface area contributed by atoms with Crippen LogP contribution in [0.2, 0.25) is 5.02 Å². The zero-order valence-corrected chi connectivity index (χ0v) is 13.3. The molecule has 0 saturated heterocycles. The number of hydrogen-bond donors (Lipinski definition) is 0. The van der Waals surface area contributed by atoms with E-state index >= 15 is 0 Å². The third kappa shape index (κ3) is 2.72. The van der Waals surface area contributed by atoms with E-state index in [0.29, 0.717) is 11.3 Å². The molecule has 2 heterocycles. The lowest BCUT2D eigenvalue weighted by Crippen LogP contribution is -2.07. The number of nitrogens with zero attached hydrogens (tertiary/aromatic N) is 3. The SMILES string of the molecule is CCc1ccc(-c2nc3c(Cl)cc(C(F)(F)F)cn3c2C#N)cc1. The van der Waals surface area contributed by atoms with Gasteiger partial charge in [-0.1, -0.05) is 42.8 Å². The fourth-order valence-corrected chi connectivity index (χ4v) is 2.72. The number of rotatable bonds is 2. The number of imidazole rings is 1. The van der Waals surface area contributed by atoms with Gasteiger partial charge in [0.1, 0.15) is 11.8 Å². The molecule has 3 aromatic rings. The molecular weight excluding hydrogens is 339 g/mol. The molecule has 1 aromatic carbocycles. The summed E-state index contributed by atoms with van der Waals surface area (Å²) in [5.74, 6) is 0. The Hall–Kier alpha value is -2.52. The summed E-state index contributed by atoms with van der Waals surface area (Å²) in [6.07, 6.45) is -2.86. The van der Waals surface area contributed by atoms with Crippen LogP contribution in [0.15, 0.2) is 36.5 Å². The van der Waals surface area contributed by atoms with Gasteiger partial charge in [-0.3, -0.25) is 4.40 Å². The molecule has 0 radical (unpaired) electrons. The van der Waals surface area contributed by atoms with Crippen molar-refractivity contribution in [3.05, 3.63) is 58.4 Å². The van der Waals surface area contributed by atoms with E-state index < -0.39 is 11.7 Å². The molecule has 24 heavy (non-hydrogen) atoms. The number of nitriles is 1. The maximum absolute atomic E-state index is 13.0. The molecule has 122 valence electrons. The summed E-state index contributed by atoms with van der Waals surface area (Å²) in [7, 11) is 0. The van der Waals surface area contributed by atoms with Crippen molar-refractivity contribution in [2.75, 3.05) is 0 Å². The molecule has 0 amide bonds. The van der Waals surface area contributed by atoms with E-state index in [1.165, 1.54) is 0 Å². The standard InChI is InChI=1S/C17H11ClF3N3/c1-2-10-3-5-11(6-4-10)15-14(8-22)24-9-12(17(19,20)21)7-13(18)16(24)23-15/h3-7,9H,2H2,1H3. The van der Waals surface area contributed by atoms with E-state index in [2.05, 4.69) is 4.98 Å². The van der Waals surface area contributed by atoms with Gasteiger partial charge in [0.15, 0.2) is 11.3 Å². The van der Waals surface area contributed by atoms with Crippen LogP contribution in [0.25, 0.3) is 16.9 Å². The van der Waals surface area contributed by atoms with Crippen LogP contribution >= 0.6 is 11.6 Å². The zero-order chi connectivity index (χ0) is 17.5. The summed E-state index contributed by atoms with van der Waals surface area (Å²) in [6, 6.07) is 10.1. The first-order valence-electron chi connectivity index (χ1n) is 7.13. The van der Waals surface area contributed by atoms with Crippen LogP contribution in [0.5, 0.6) is 0 Å². The van der Waals surface area contributed by atoms with Crippen LogP contribution in [0.3, 0.4) is 0 Å². The summed E-state index contributed by atoms with van der Waals surface area (Å²) >= 11 is 5.95. The van der Waals surface area contributed by atoms with Crippen LogP contribution in [-0.2, 0) is 12.6 Å².